The Labute approximate surface area is 128 Å². The predicted molar refractivity (Wildman–Crippen MR) is 80.9 cm³/mol. The first-order chi connectivity index (χ1) is 10.1. The molecule has 114 valence electrons. The summed E-state index contributed by atoms with van der Waals surface area (Å²) in [5, 5.41) is 14.4. The van der Waals surface area contributed by atoms with Crippen LogP contribution < -0.4 is 10.1 Å². The zero-order valence-electron chi connectivity index (χ0n) is 12.0. The molecule has 1 aromatic rings. The lowest BCUT2D eigenvalue weighted by Gasteiger charge is -2.53. The van der Waals surface area contributed by atoms with E-state index in [9.17, 15) is 10.1 Å². The fourth-order valence-corrected chi connectivity index (χ4v) is 4.09. The number of hydrogen-bond acceptors (Lipinski definition) is 4. The summed E-state index contributed by atoms with van der Waals surface area (Å²) in [6.07, 6.45) is 5.94. The molecule has 2 atom stereocenters. The summed E-state index contributed by atoms with van der Waals surface area (Å²) in [6, 6.07) is 4.90. The van der Waals surface area contributed by atoms with Crippen LogP contribution in [0.4, 0.5) is 5.69 Å². The largest absolute Gasteiger partial charge is 0.488 e. The number of halogens is 1. The number of nitro benzene ring substituents is 1. The Hall–Kier alpha value is -1.33. The molecule has 0 bridgehead atoms. The number of nitrogens with zero attached hydrogens (tertiary/aromatic N) is 1. The Balaban J connectivity index is 1.77. The van der Waals surface area contributed by atoms with Gasteiger partial charge in [-0.05, 0) is 26.0 Å². The third-order valence-electron chi connectivity index (χ3n) is 5.06. The normalized spacial score (nSPS) is 26.6. The molecular formula is C15H19ClN2O3. The van der Waals surface area contributed by atoms with Crippen LogP contribution >= 0.6 is 11.6 Å². The number of ether oxygens (including phenoxy) is 1. The van der Waals surface area contributed by atoms with E-state index in [0.29, 0.717) is 16.8 Å². The third kappa shape index (κ3) is 2.38. The fraction of sp³-hybridized carbons (Fsp3) is 0.600. The Morgan fingerprint density at radius 2 is 2.14 bits per heavy atom. The molecule has 2 aliphatic rings. The number of benzene rings is 1. The van der Waals surface area contributed by atoms with E-state index in [0.717, 1.165) is 6.42 Å². The Morgan fingerprint density at radius 1 is 1.43 bits per heavy atom. The zero-order chi connectivity index (χ0) is 15.0. The highest BCUT2D eigenvalue weighted by molar-refractivity contribution is 6.32. The average molecular weight is 311 g/mol. The van der Waals surface area contributed by atoms with Crippen LogP contribution in [0.3, 0.4) is 0 Å². The molecule has 5 nitrogen and oxygen atoms in total. The Bertz CT molecular complexity index is 558. The van der Waals surface area contributed by atoms with E-state index < -0.39 is 4.92 Å². The molecule has 0 heterocycles. The lowest BCUT2D eigenvalue weighted by atomic mass is 9.60. The first kappa shape index (κ1) is 14.6. The van der Waals surface area contributed by atoms with Gasteiger partial charge in [-0.15, -0.1) is 0 Å². The summed E-state index contributed by atoms with van der Waals surface area (Å²) in [4.78, 5) is 10.3. The summed E-state index contributed by atoms with van der Waals surface area (Å²) < 4.78 is 6.09. The van der Waals surface area contributed by atoms with Crippen LogP contribution in [-0.2, 0) is 0 Å². The predicted octanol–water partition coefficient (Wildman–Crippen LogP) is 3.55. The molecule has 0 radical (unpaired) electrons. The highest BCUT2D eigenvalue weighted by Gasteiger charge is 2.57. The van der Waals surface area contributed by atoms with E-state index in [-0.39, 0.29) is 17.2 Å². The zero-order valence-corrected chi connectivity index (χ0v) is 12.7. The van der Waals surface area contributed by atoms with Gasteiger partial charge in [-0.2, -0.15) is 0 Å². The smallest absolute Gasteiger partial charge is 0.271 e. The molecule has 3 rings (SSSR count). The van der Waals surface area contributed by atoms with Gasteiger partial charge >= 0.3 is 0 Å². The molecule has 2 fully saturated rings. The standard InChI is InChI=1S/C15H19ClN2O3/c1-17-13-9-14(15(13)6-2-3-7-15)21-12-5-4-10(18(19)20)8-11(12)16/h4-5,8,13-14,17H,2-3,6-7,9H2,1H3. The molecule has 0 aliphatic heterocycles. The average Bonchev–Trinajstić information content (AvgIpc) is 2.96. The van der Waals surface area contributed by atoms with Gasteiger partial charge in [0, 0.05) is 30.0 Å². The fourth-order valence-electron chi connectivity index (χ4n) is 3.87. The molecule has 1 aromatic carbocycles. The summed E-state index contributed by atoms with van der Waals surface area (Å²) in [6.45, 7) is 0. The maximum absolute atomic E-state index is 10.7. The maximum atomic E-state index is 10.7. The van der Waals surface area contributed by atoms with E-state index in [1.54, 1.807) is 6.07 Å². The third-order valence-corrected chi connectivity index (χ3v) is 5.36. The van der Waals surface area contributed by atoms with E-state index in [1.807, 2.05) is 7.05 Å². The SMILES string of the molecule is CNC1CC(Oc2ccc([N+](=O)[O-])cc2Cl)C12CCCC2. The van der Waals surface area contributed by atoms with Crippen molar-refractivity contribution < 1.29 is 9.66 Å². The molecule has 0 saturated heterocycles. The highest BCUT2D eigenvalue weighted by atomic mass is 35.5. The molecule has 0 aromatic heterocycles. The molecule has 1 spiro atoms. The van der Waals surface area contributed by atoms with Crippen molar-refractivity contribution in [1.82, 2.24) is 5.32 Å². The lowest BCUT2D eigenvalue weighted by molar-refractivity contribution is -0.384. The van der Waals surface area contributed by atoms with E-state index in [1.165, 1.54) is 37.8 Å². The minimum Gasteiger partial charge on any atom is -0.488 e. The van der Waals surface area contributed by atoms with E-state index in [4.69, 9.17) is 16.3 Å². The van der Waals surface area contributed by atoms with Crippen LogP contribution in [0.5, 0.6) is 5.75 Å². The molecule has 21 heavy (non-hydrogen) atoms. The Kier molecular flexibility index (Phi) is 3.80. The molecule has 1 N–H and O–H groups in total. The number of hydrogen-bond donors (Lipinski definition) is 1. The second-order valence-corrected chi connectivity index (χ2v) is 6.40. The van der Waals surface area contributed by atoms with Crippen molar-refractivity contribution in [1.29, 1.82) is 0 Å². The topological polar surface area (TPSA) is 64.4 Å². The van der Waals surface area contributed by atoms with Crippen molar-refractivity contribution in [2.45, 2.75) is 44.2 Å². The summed E-state index contributed by atoms with van der Waals surface area (Å²) in [5.41, 5.74) is 0.199. The summed E-state index contributed by atoms with van der Waals surface area (Å²) >= 11 is 6.12. The molecule has 2 aliphatic carbocycles. The summed E-state index contributed by atoms with van der Waals surface area (Å²) in [5.74, 6) is 0.549. The first-order valence-corrected chi connectivity index (χ1v) is 7.72. The van der Waals surface area contributed by atoms with Crippen LogP contribution in [0, 0.1) is 15.5 Å². The van der Waals surface area contributed by atoms with Crippen LogP contribution in [0.1, 0.15) is 32.1 Å². The molecule has 2 unspecified atom stereocenters. The van der Waals surface area contributed by atoms with Gasteiger partial charge in [0.25, 0.3) is 5.69 Å². The van der Waals surface area contributed by atoms with Gasteiger partial charge in [0.15, 0.2) is 0 Å². The number of rotatable bonds is 4. The van der Waals surface area contributed by atoms with Crippen LogP contribution in [0.15, 0.2) is 18.2 Å². The van der Waals surface area contributed by atoms with Gasteiger partial charge in [0.05, 0.1) is 9.95 Å². The van der Waals surface area contributed by atoms with E-state index >= 15 is 0 Å². The monoisotopic (exact) mass is 310 g/mol. The van der Waals surface area contributed by atoms with Gasteiger partial charge in [-0.25, -0.2) is 0 Å². The van der Waals surface area contributed by atoms with Gasteiger partial charge in [-0.3, -0.25) is 10.1 Å². The second kappa shape index (κ2) is 5.46. The minimum atomic E-state index is -0.450. The van der Waals surface area contributed by atoms with Crippen LogP contribution in [0.2, 0.25) is 5.02 Å². The van der Waals surface area contributed by atoms with Crippen molar-refractivity contribution in [2.24, 2.45) is 5.41 Å². The van der Waals surface area contributed by atoms with Gasteiger partial charge in [0.1, 0.15) is 11.9 Å². The van der Waals surface area contributed by atoms with Crippen molar-refractivity contribution >= 4 is 17.3 Å². The number of non-ortho nitro benzene ring substituents is 1. The lowest BCUT2D eigenvalue weighted by Crippen LogP contribution is -2.63. The second-order valence-electron chi connectivity index (χ2n) is 6.00. The summed E-state index contributed by atoms with van der Waals surface area (Å²) in [7, 11) is 2.00. The molecule has 2 saturated carbocycles. The van der Waals surface area contributed by atoms with Crippen molar-refractivity contribution in [3.8, 4) is 5.75 Å². The van der Waals surface area contributed by atoms with E-state index in [2.05, 4.69) is 5.32 Å². The van der Waals surface area contributed by atoms with Crippen molar-refractivity contribution in [3.63, 3.8) is 0 Å². The van der Waals surface area contributed by atoms with Gasteiger partial charge in [0.2, 0.25) is 0 Å². The number of nitrogens with one attached hydrogen (secondary N) is 1. The van der Waals surface area contributed by atoms with Crippen LogP contribution in [0.25, 0.3) is 0 Å². The number of nitro groups is 1. The molecule has 6 heteroatoms. The maximum Gasteiger partial charge on any atom is 0.271 e. The molecule has 0 amide bonds. The van der Waals surface area contributed by atoms with Gasteiger partial charge in [-0.1, -0.05) is 24.4 Å². The Morgan fingerprint density at radius 3 is 2.71 bits per heavy atom. The van der Waals surface area contributed by atoms with Gasteiger partial charge < -0.3 is 10.1 Å². The quantitative estimate of drug-likeness (QED) is 0.682. The first-order valence-electron chi connectivity index (χ1n) is 7.35. The van der Waals surface area contributed by atoms with Crippen molar-refractivity contribution in [3.05, 3.63) is 33.3 Å². The molecular weight excluding hydrogens is 292 g/mol. The highest BCUT2D eigenvalue weighted by Crippen LogP contribution is 2.55. The minimum absolute atomic E-state index is 0.00959. The van der Waals surface area contributed by atoms with Crippen molar-refractivity contribution in [2.75, 3.05) is 7.05 Å². The van der Waals surface area contributed by atoms with Crippen LogP contribution in [-0.4, -0.2) is 24.1 Å².